The lowest BCUT2D eigenvalue weighted by atomic mass is 10.0. The van der Waals surface area contributed by atoms with Gasteiger partial charge in [0.05, 0.1) is 17.4 Å². The lowest BCUT2D eigenvalue weighted by Gasteiger charge is -2.20. The van der Waals surface area contributed by atoms with Gasteiger partial charge in [0.15, 0.2) is 0 Å². The van der Waals surface area contributed by atoms with Crippen LogP contribution in [0.3, 0.4) is 0 Å². The van der Waals surface area contributed by atoms with Gasteiger partial charge in [0.2, 0.25) is 0 Å². The number of ether oxygens (including phenoxy) is 1. The Hall–Kier alpha value is -1.44. The van der Waals surface area contributed by atoms with Crippen LogP contribution in [0.1, 0.15) is 24.6 Å². The zero-order chi connectivity index (χ0) is 12.0. The zero-order valence-corrected chi connectivity index (χ0v) is 9.68. The van der Waals surface area contributed by atoms with Crippen LogP contribution in [0.4, 0.5) is 0 Å². The second kappa shape index (κ2) is 6.21. The van der Waals surface area contributed by atoms with Gasteiger partial charge in [0.25, 0.3) is 0 Å². The molecule has 0 fully saturated rings. The van der Waals surface area contributed by atoms with Crippen LogP contribution < -0.4 is 5.73 Å². The largest absolute Gasteiger partial charge is 0.380 e. The highest BCUT2D eigenvalue weighted by molar-refractivity contribution is 5.33. The summed E-state index contributed by atoms with van der Waals surface area (Å²) in [7, 11) is 1.65. The molecule has 1 aromatic rings. The molecule has 1 aromatic heterocycles. The van der Waals surface area contributed by atoms with E-state index in [9.17, 15) is 0 Å². The molecule has 4 nitrogen and oxygen atoms in total. The van der Waals surface area contributed by atoms with Crippen molar-refractivity contribution in [1.82, 2.24) is 4.98 Å². The van der Waals surface area contributed by atoms with Gasteiger partial charge in [-0.25, -0.2) is 0 Å². The van der Waals surface area contributed by atoms with Gasteiger partial charge in [0.1, 0.15) is 6.07 Å². The number of nitriles is 1. The monoisotopic (exact) mass is 219 g/mol. The molecule has 1 rings (SSSR count). The molecule has 0 aliphatic rings. The van der Waals surface area contributed by atoms with Crippen molar-refractivity contribution in [2.24, 2.45) is 5.73 Å². The predicted octanol–water partition coefficient (Wildman–Crippen LogP) is 1.25. The van der Waals surface area contributed by atoms with Crippen LogP contribution >= 0.6 is 0 Å². The van der Waals surface area contributed by atoms with Gasteiger partial charge < -0.3 is 10.5 Å². The molecule has 0 aliphatic heterocycles. The summed E-state index contributed by atoms with van der Waals surface area (Å²) in [5, 5.41) is 8.92. The third kappa shape index (κ3) is 3.02. The lowest BCUT2D eigenvalue weighted by Crippen LogP contribution is -2.38. The highest BCUT2D eigenvalue weighted by atomic mass is 16.5. The fraction of sp³-hybridized carbons (Fsp3) is 0.500. The van der Waals surface area contributed by atoms with Crippen LogP contribution in [0, 0.1) is 11.3 Å². The molecule has 16 heavy (non-hydrogen) atoms. The van der Waals surface area contributed by atoms with E-state index < -0.39 is 0 Å². The number of nitrogens with two attached hydrogens (primary N) is 1. The number of hydrogen-bond donors (Lipinski definition) is 1. The van der Waals surface area contributed by atoms with E-state index in [4.69, 9.17) is 15.7 Å². The Morgan fingerprint density at radius 1 is 1.62 bits per heavy atom. The zero-order valence-electron chi connectivity index (χ0n) is 9.68. The van der Waals surface area contributed by atoms with Crippen molar-refractivity contribution in [2.75, 3.05) is 7.11 Å². The number of rotatable bonds is 5. The third-order valence-electron chi connectivity index (χ3n) is 2.62. The van der Waals surface area contributed by atoms with Crippen LogP contribution in [-0.2, 0) is 11.2 Å². The van der Waals surface area contributed by atoms with Crippen LogP contribution in [0.2, 0.25) is 0 Å². The molecule has 0 aliphatic carbocycles. The van der Waals surface area contributed by atoms with Crippen LogP contribution in [0.25, 0.3) is 0 Å². The lowest BCUT2D eigenvalue weighted by molar-refractivity contribution is 0.0770. The Kier molecular flexibility index (Phi) is 4.90. The Morgan fingerprint density at radius 2 is 2.38 bits per heavy atom. The Labute approximate surface area is 96.1 Å². The molecule has 0 saturated heterocycles. The predicted molar refractivity (Wildman–Crippen MR) is 61.7 cm³/mol. The van der Waals surface area contributed by atoms with E-state index in [0.29, 0.717) is 12.0 Å². The SMILES string of the molecule is CC[C@H](OC)[C@@H](N)Cc1ncccc1C#N. The number of aromatic nitrogens is 1. The first-order chi connectivity index (χ1) is 7.72. The van der Waals surface area contributed by atoms with Gasteiger partial charge in [-0.05, 0) is 18.6 Å². The van der Waals surface area contributed by atoms with E-state index in [0.717, 1.165) is 12.1 Å². The molecule has 4 heteroatoms. The molecule has 0 spiro atoms. The Morgan fingerprint density at radius 3 is 2.94 bits per heavy atom. The van der Waals surface area contributed by atoms with E-state index in [2.05, 4.69) is 11.1 Å². The van der Waals surface area contributed by atoms with Crippen molar-refractivity contribution in [3.8, 4) is 6.07 Å². The second-order valence-electron chi connectivity index (χ2n) is 3.66. The van der Waals surface area contributed by atoms with Crippen molar-refractivity contribution in [3.05, 3.63) is 29.6 Å². The fourth-order valence-corrected chi connectivity index (χ4v) is 1.70. The summed E-state index contributed by atoms with van der Waals surface area (Å²) in [5.74, 6) is 0. The molecule has 0 saturated carbocycles. The molecule has 0 bridgehead atoms. The summed E-state index contributed by atoms with van der Waals surface area (Å²) >= 11 is 0. The normalized spacial score (nSPS) is 14.1. The number of nitrogens with zero attached hydrogens (tertiary/aromatic N) is 2. The molecule has 0 radical (unpaired) electrons. The molecule has 2 N–H and O–H groups in total. The third-order valence-corrected chi connectivity index (χ3v) is 2.62. The first-order valence-corrected chi connectivity index (χ1v) is 5.35. The van der Waals surface area contributed by atoms with Crippen LogP contribution in [0.5, 0.6) is 0 Å². The highest BCUT2D eigenvalue weighted by Crippen LogP contribution is 2.10. The summed E-state index contributed by atoms with van der Waals surface area (Å²) in [4.78, 5) is 4.18. The van der Waals surface area contributed by atoms with E-state index in [1.54, 1.807) is 25.4 Å². The number of pyridine rings is 1. The molecule has 1 heterocycles. The summed E-state index contributed by atoms with van der Waals surface area (Å²) in [6.45, 7) is 2.03. The van der Waals surface area contributed by atoms with Gasteiger partial charge in [-0.3, -0.25) is 4.98 Å². The average molecular weight is 219 g/mol. The molecule has 0 amide bonds. The summed E-state index contributed by atoms with van der Waals surface area (Å²) < 4.78 is 5.27. The molecule has 2 atom stereocenters. The van der Waals surface area contributed by atoms with E-state index in [-0.39, 0.29) is 12.1 Å². The summed E-state index contributed by atoms with van der Waals surface area (Å²) in [6.07, 6.45) is 3.10. The first-order valence-electron chi connectivity index (χ1n) is 5.35. The van der Waals surface area contributed by atoms with Crippen molar-refractivity contribution in [3.63, 3.8) is 0 Å². The van der Waals surface area contributed by atoms with Gasteiger partial charge >= 0.3 is 0 Å². The number of hydrogen-bond acceptors (Lipinski definition) is 4. The standard InChI is InChI=1S/C12H17N3O/c1-3-12(16-2)10(14)7-11-9(8-13)5-4-6-15-11/h4-6,10,12H,3,7,14H2,1-2H3/t10-,12-/m0/s1. The minimum atomic E-state index is -0.128. The quantitative estimate of drug-likeness (QED) is 0.809. The molecule has 0 aromatic carbocycles. The molecule has 86 valence electrons. The maximum absolute atomic E-state index is 8.92. The second-order valence-corrected chi connectivity index (χ2v) is 3.66. The maximum Gasteiger partial charge on any atom is 0.101 e. The van der Waals surface area contributed by atoms with E-state index in [1.165, 1.54) is 0 Å². The van der Waals surface area contributed by atoms with Crippen molar-refractivity contribution in [2.45, 2.75) is 31.9 Å². The van der Waals surface area contributed by atoms with Crippen molar-refractivity contribution in [1.29, 1.82) is 5.26 Å². The minimum Gasteiger partial charge on any atom is -0.380 e. The Balaban J connectivity index is 2.76. The summed E-state index contributed by atoms with van der Waals surface area (Å²) in [5.41, 5.74) is 7.35. The van der Waals surface area contributed by atoms with E-state index >= 15 is 0 Å². The van der Waals surface area contributed by atoms with Crippen molar-refractivity contribution >= 4 is 0 Å². The topological polar surface area (TPSA) is 71.9 Å². The van der Waals surface area contributed by atoms with Crippen LogP contribution in [-0.4, -0.2) is 24.2 Å². The van der Waals surface area contributed by atoms with Crippen molar-refractivity contribution < 1.29 is 4.74 Å². The van der Waals surface area contributed by atoms with Gasteiger partial charge in [-0.2, -0.15) is 5.26 Å². The maximum atomic E-state index is 8.92. The summed E-state index contributed by atoms with van der Waals surface area (Å²) in [6, 6.07) is 5.49. The highest BCUT2D eigenvalue weighted by Gasteiger charge is 2.17. The smallest absolute Gasteiger partial charge is 0.101 e. The average Bonchev–Trinajstić information content (AvgIpc) is 2.31. The van der Waals surface area contributed by atoms with E-state index in [1.807, 2.05) is 6.92 Å². The molecular formula is C12H17N3O. The Bertz CT molecular complexity index is 369. The molecular weight excluding hydrogens is 202 g/mol. The van der Waals surface area contributed by atoms with Crippen LogP contribution in [0.15, 0.2) is 18.3 Å². The first kappa shape index (κ1) is 12.6. The molecule has 0 unspecified atom stereocenters. The minimum absolute atomic E-state index is 0.00792. The van der Waals surface area contributed by atoms with Gasteiger partial charge in [0, 0.05) is 25.8 Å². The van der Waals surface area contributed by atoms with Gasteiger partial charge in [-0.15, -0.1) is 0 Å². The number of methoxy groups -OCH3 is 1. The van der Waals surface area contributed by atoms with Gasteiger partial charge in [-0.1, -0.05) is 6.92 Å². The fourth-order valence-electron chi connectivity index (χ4n) is 1.70.